The molecule has 0 radical (unpaired) electrons. The zero-order chi connectivity index (χ0) is 22.0. The Kier molecular flexibility index (Phi) is 6.36. The van der Waals surface area contributed by atoms with Crippen LogP contribution in [0.3, 0.4) is 0 Å². The number of benzene rings is 1. The molecule has 5 nitrogen and oxygen atoms in total. The lowest BCUT2D eigenvalue weighted by Crippen LogP contribution is -2.31. The van der Waals surface area contributed by atoms with Crippen LogP contribution >= 0.6 is 27.3 Å². The van der Waals surface area contributed by atoms with E-state index in [-0.39, 0.29) is 11.5 Å². The Morgan fingerprint density at radius 3 is 2.45 bits per heavy atom. The van der Waals surface area contributed by atoms with Gasteiger partial charge in [-0.15, -0.1) is 11.3 Å². The smallest absolute Gasteiger partial charge is 0.162 e. The molecule has 0 unspecified atom stereocenters. The number of nitrogens with one attached hydrogen (secondary N) is 1. The maximum Gasteiger partial charge on any atom is 0.162 e. The quantitative estimate of drug-likeness (QED) is 0.353. The summed E-state index contributed by atoms with van der Waals surface area (Å²) in [7, 11) is 0. The third kappa shape index (κ3) is 4.95. The molecule has 0 saturated heterocycles. The Hall–Kier alpha value is -2.35. The molecule has 0 bridgehead atoms. The highest BCUT2D eigenvalue weighted by Crippen LogP contribution is 2.44. The van der Waals surface area contributed by atoms with Gasteiger partial charge in [-0.2, -0.15) is 0 Å². The molecular formula is C24H26BrN5S. The highest BCUT2D eigenvalue weighted by atomic mass is 79.9. The van der Waals surface area contributed by atoms with Crippen molar-refractivity contribution in [2.45, 2.75) is 38.6 Å². The Balaban J connectivity index is 1.70. The van der Waals surface area contributed by atoms with Gasteiger partial charge in [0.05, 0.1) is 9.17 Å². The predicted molar refractivity (Wildman–Crippen MR) is 134 cm³/mol. The van der Waals surface area contributed by atoms with Crippen molar-refractivity contribution in [1.82, 2.24) is 15.0 Å². The number of anilines is 1. The minimum atomic E-state index is -0.0257. The molecule has 7 heteroatoms. The van der Waals surface area contributed by atoms with Gasteiger partial charge in [-0.1, -0.05) is 51.1 Å². The number of aromatic nitrogens is 3. The first kappa shape index (κ1) is 21.9. The molecule has 3 heterocycles. The van der Waals surface area contributed by atoms with E-state index in [1.54, 1.807) is 23.7 Å². The molecule has 0 saturated carbocycles. The summed E-state index contributed by atoms with van der Waals surface area (Å²) in [6.45, 7) is 7.25. The molecular weight excluding hydrogens is 470 g/mol. The van der Waals surface area contributed by atoms with Gasteiger partial charge in [0.2, 0.25) is 0 Å². The number of halogens is 1. The highest BCUT2D eigenvalue weighted by Gasteiger charge is 2.25. The third-order valence-electron chi connectivity index (χ3n) is 4.97. The van der Waals surface area contributed by atoms with Crippen LogP contribution in [0, 0.1) is 0 Å². The van der Waals surface area contributed by atoms with Crippen LogP contribution in [0.25, 0.3) is 21.6 Å². The van der Waals surface area contributed by atoms with Crippen LogP contribution in [0.5, 0.6) is 0 Å². The largest absolute Gasteiger partial charge is 0.367 e. The molecule has 0 fully saturated rings. The number of hydrogen-bond acceptors (Lipinski definition) is 6. The van der Waals surface area contributed by atoms with Crippen molar-refractivity contribution in [2.24, 2.45) is 5.73 Å². The summed E-state index contributed by atoms with van der Waals surface area (Å²) in [6, 6.07) is 14.2. The number of rotatable bonds is 6. The van der Waals surface area contributed by atoms with Gasteiger partial charge in [-0.3, -0.25) is 4.98 Å². The van der Waals surface area contributed by atoms with Crippen molar-refractivity contribution in [3.05, 3.63) is 69.8 Å². The van der Waals surface area contributed by atoms with Gasteiger partial charge >= 0.3 is 0 Å². The first-order valence-corrected chi connectivity index (χ1v) is 11.9. The number of nitrogens with zero attached hydrogens (tertiary/aromatic N) is 3. The molecule has 0 aliphatic rings. The second kappa shape index (κ2) is 9.02. The van der Waals surface area contributed by atoms with Crippen LogP contribution < -0.4 is 11.1 Å². The van der Waals surface area contributed by atoms with Crippen LogP contribution in [0.15, 0.2) is 59.3 Å². The molecule has 1 atom stereocenters. The van der Waals surface area contributed by atoms with Crippen molar-refractivity contribution in [3.63, 3.8) is 0 Å². The summed E-state index contributed by atoms with van der Waals surface area (Å²) in [5.41, 5.74) is 9.53. The maximum atomic E-state index is 6.43. The molecule has 160 valence electrons. The van der Waals surface area contributed by atoms with E-state index in [4.69, 9.17) is 15.7 Å². The minimum Gasteiger partial charge on any atom is -0.367 e. The van der Waals surface area contributed by atoms with E-state index in [9.17, 15) is 0 Å². The van der Waals surface area contributed by atoms with Crippen LogP contribution in [0.4, 0.5) is 5.82 Å². The average Bonchev–Trinajstić information content (AvgIpc) is 3.10. The second-order valence-corrected chi connectivity index (χ2v) is 10.4. The topological polar surface area (TPSA) is 76.7 Å². The fraction of sp³-hybridized carbons (Fsp3) is 0.292. The van der Waals surface area contributed by atoms with E-state index < -0.39 is 0 Å². The van der Waals surface area contributed by atoms with Gasteiger partial charge in [-0.25, -0.2) is 9.97 Å². The van der Waals surface area contributed by atoms with Crippen LogP contribution in [-0.2, 0) is 11.8 Å². The molecule has 3 N–H and O–H groups in total. The summed E-state index contributed by atoms with van der Waals surface area (Å²) in [5.74, 6) is 1.49. The van der Waals surface area contributed by atoms with E-state index >= 15 is 0 Å². The van der Waals surface area contributed by atoms with Gasteiger partial charge in [-0.05, 0) is 45.5 Å². The van der Waals surface area contributed by atoms with Gasteiger partial charge < -0.3 is 11.1 Å². The van der Waals surface area contributed by atoms with Crippen molar-refractivity contribution >= 4 is 43.3 Å². The average molecular weight is 496 g/mol. The van der Waals surface area contributed by atoms with Gasteiger partial charge in [0.25, 0.3) is 0 Å². The van der Waals surface area contributed by atoms with E-state index in [2.05, 4.69) is 59.1 Å². The van der Waals surface area contributed by atoms with Gasteiger partial charge in [0.1, 0.15) is 11.3 Å². The molecule has 31 heavy (non-hydrogen) atoms. The monoisotopic (exact) mass is 495 g/mol. The normalized spacial score (nSPS) is 12.8. The lowest BCUT2D eigenvalue weighted by Gasteiger charge is -2.16. The number of thiophene rings is 1. The summed E-state index contributed by atoms with van der Waals surface area (Å²) in [6.07, 6.45) is 4.32. The van der Waals surface area contributed by atoms with Crippen molar-refractivity contribution in [2.75, 3.05) is 11.9 Å². The van der Waals surface area contributed by atoms with Crippen LogP contribution in [-0.4, -0.2) is 27.5 Å². The Morgan fingerprint density at radius 2 is 1.77 bits per heavy atom. The molecule has 0 aliphatic heterocycles. The van der Waals surface area contributed by atoms with E-state index in [1.165, 1.54) is 10.4 Å². The number of nitrogens with two attached hydrogens (primary N) is 1. The fourth-order valence-electron chi connectivity index (χ4n) is 3.40. The fourth-order valence-corrected chi connectivity index (χ4v) is 5.81. The second-order valence-electron chi connectivity index (χ2n) is 8.64. The van der Waals surface area contributed by atoms with E-state index in [0.717, 1.165) is 32.5 Å². The standard InChI is InChI=1S/C24H26BrN5S/c1-24(2,3)21-18(25)19-20(31-21)23(30-22(29-19)16-9-11-27-12-10-16)28-14-17(26)13-15-7-5-4-6-8-15/h4-12,17H,13-14,26H2,1-3H3,(H,28,29,30)/t17-/m1/s1. The molecule has 0 aliphatic carbocycles. The zero-order valence-corrected chi connectivity index (χ0v) is 20.3. The Labute approximate surface area is 195 Å². The number of hydrogen-bond donors (Lipinski definition) is 2. The summed E-state index contributed by atoms with van der Waals surface area (Å²) < 4.78 is 2.08. The van der Waals surface area contributed by atoms with Crippen LogP contribution in [0.2, 0.25) is 0 Å². The van der Waals surface area contributed by atoms with Crippen molar-refractivity contribution in [3.8, 4) is 11.4 Å². The summed E-state index contributed by atoms with van der Waals surface area (Å²) >= 11 is 5.54. The van der Waals surface area contributed by atoms with Crippen LogP contribution in [0.1, 0.15) is 31.2 Å². The molecule has 4 rings (SSSR count). The lowest BCUT2D eigenvalue weighted by atomic mass is 9.95. The maximum absolute atomic E-state index is 6.43. The molecule has 4 aromatic rings. The molecule has 3 aromatic heterocycles. The Morgan fingerprint density at radius 1 is 1.06 bits per heavy atom. The number of pyridine rings is 1. The summed E-state index contributed by atoms with van der Waals surface area (Å²) in [4.78, 5) is 15.1. The zero-order valence-electron chi connectivity index (χ0n) is 17.9. The SMILES string of the molecule is CC(C)(C)c1sc2c(NC[C@H](N)Cc3ccccc3)nc(-c3ccncc3)nc2c1Br. The lowest BCUT2D eigenvalue weighted by molar-refractivity contribution is 0.601. The third-order valence-corrected chi connectivity index (χ3v) is 7.62. The highest BCUT2D eigenvalue weighted by molar-refractivity contribution is 9.10. The van der Waals surface area contributed by atoms with Crippen molar-refractivity contribution in [1.29, 1.82) is 0 Å². The number of fused-ring (bicyclic) bond motifs is 1. The molecule has 0 amide bonds. The predicted octanol–water partition coefficient (Wildman–Crippen LogP) is 5.80. The molecule has 1 aromatic carbocycles. The first-order valence-electron chi connectivity index (χ1n) is 10.3. The van der Waals surface area contributed by atoms with E-state index in [1.807, 2.05) is 30.3 Å². The molecule has 0 spiro atoms. The van der Waals surface area contributed by atoms with E-state index in [0.29, 0.717) is 12.4 Å². The van der Waals surface area contributed by atoms with Crippen molar-refractivity contribution < 1.29 is 0 Å². The minimum absolute atomic E-state index is 0.00200. The Bertz CT molecular complexity index is 1170. The first-order chi connectivity index (χ1) is 14.8. The summed E-state index contributed by atoms with van der Waals surface area (Å²) in [5, 5.41) is 3.51. The van der Waals surface area contributed by atoms with Gasteiger partial charge in [0, 0.05) is 35.4 Å². The van der Waals surface area contributed by atoms with Gasteiger partial charge in [0.15, 0.2) is 5.82 Å².